The van der Waals surface area contributed by atoms with E-state index in [0.717, 1.165) is 28.1 Å². The van der Waals surface area contributed by atoms with Crippen LogP contribution in [-0.2, 0) is 4.79 Å². The summed E-state index contributed by atoms with van der Waals surface area (Å²) < 4.78 is 5.67. The van der Waals surface area contributed by atoms with Gasteiger partial charge in [0.1, 0.15) is 5.75 Å². The first-order valence-electron chi connectivity index (χ1n) is 11.3. The molecule has 0 saturated carbocycles. The standard InChI is InChI=1S/C28H32N2O3/c1-18(2)23-10-8-11-24(19(3)4)27(23)30-26(31)17-33-22-15-13-21(14-16-22)28(32)29-25-12-7-6-9-20(25)5/h6-16,18-19H,17H2,1-5H3,(H,29,32)(H,30,31). The number of hydrogen-bond donors (Lipinski definition) is 2. The van der Waals surface area contributed by atoms with E-state index in [-0.39, 0.29) is 18.4 Å². The zero-order chi connectivity index (χ0) is 24.0. The van der Waals surface area contributed by atoms with E-state index in [1.54, 1.807) is 24.3 Å². The zero-order valence-electron chi connectivity index (χ0n) is 19.9. The molecule has 0 spiro atoms. The van der Waals surface area contributed by atoms with Gasteiger partial charge in [0.15, 0.2) is 6.61 Å². The van der Waals surface area contributed by atoms with Gasteiger partial charge < -0.3 is 15.4 Å². The average molecular weight is 445 g/mol. The van der Waals surface area contributed by atoms with Crippen molar-refractivity contribution in [3.8, 4) is 5.75 Å². The van der Waals surface area contributed by atoms with Crippen molar-refractivity contribution < 1.29 is 14.3 Å². The number of amides is 2. The van der Waals surface area contributed by atoms with Crippen molar-refractivity contribution in [3.63, 3.8) is 0 Å². The van der Waals surface area contributed by atoms with Crippen molar-refractivity contribution >= 4 is 23.2 Å². The van der Waals surface area contributed by atoms with Gasteiger partial charge in [0, 0.05) is 16.9 Å². The molecular weight excluding hydrogens is 412 g/mol. The van der Waals surface area contributed by atoms with Crippen molar-refractivity contribution in [3.05, 3.63) is 89.0 Å². The molecule has 0 atom stereocenters. The van der Waals surface area contributed by atoms with E-state index in [4.69, 9.17) is 4.74 Å². The summed E-state index contributed by atoms with van der Waals surface area (Å²) in [6.45, 7) is 10.3. The predicted molar refractivity (Wildman–Crippen MR) is 134 cm³/mol. The summed E-state index contributed by atoms with van der Waals surface area (Å²) in [6, 6.07) is 20.5. The summed E-state index contributed by atoms with van der Waals surface area (Å²) in [5.41, 5.74) is 5.39. The van der Waals surface area contributed by atoms with Crippen molar-refractivity contribution in [2.75, 3.05) is 17.2 Å². The number of rotatable bonds is 8. The van der Waals surface area contributed by atoms with Crippen LogP contribution in [0.25, 0.3) is 0 Å². The molecule has 0 saturated heterocycles. The second-order valence-electron chi connectivity index (χ2n) is 8.75. The number of hydrogen-bond acceptors (Lipinski definition) is 3. The smallest absolute Gasteiger partial charge is 0.262 e. The predicted octanol–water partition coefficient (Wildman–Crippen LogP) is 6.51. The summed E-state index contributed by atoms with van der Waals surface area (Å²) in [4.78, 5) is 25.2. The molecule has 3 aromatic rings. The average Bonchev–Trinajstić information content (AvgIpc) is 2.79. The highest BCUT2D eigenvalue weighted by molar-refractivity contribution is 6.04. The van der Waals surface area contributed by atoms with Gasteiger partial charge in [-0.25, -0.2) is 0 Å². The van der Waals surface area contributed by atoms with Crippen LogP contribution < -0.4 is 15.4 Å². The molecule has 0 radical (unpaired) electrons. The molecule has 3 aromatic carbocycles. The van der Waals surface area contributed by atoms with Crippen LogP contribution in [0, 0.1) is 6.92 Å². The highest BCUT2D eigenvalue weighted by Gasteiger charge is 2.16. The molecule has 0 fully saturated rings. The lowest BCUT2D eigenvalue weighted by Crippen LogP contribution is -2.22. The Balaban J connectivity index is 1.61. The molecule has 3 rings (SSSR count). The Morgan fingerprint density at radius 1 is 0.788 bits per heavy atom. The molecule has 0 bridgehead atoms. The summed E-state index contributed by atoms with van der Waals surface area (Å²) in [6.07, 6.45) is 0. The zero-order valence-corrected chi connectivity index (χ0v) is 19.9. The summed E-state index contributed by atoms with van der Waals surface area (Å²) >= 11 is 0. The summed E-state index contributed by atoms with van der Waals surface area (Å²) in [5, 5.41) is 5.95. The van der Waals surface area contributed by atoms with E-state index >= 15 is 0 Å². The molecule has 0 aliphatic heterocycles. The Morgan fingerprint density at radius 2 is 1.39 bits per heavy atom. The Labute approximate surface area is 196 Å². The molecule has 0 aromatic heterocycles. The lowest BCUT2D eigenvalue weighted by atomic mass is 9.92. The highest BCUT2D eigenvalue weighted by Crippen LogP contribution is 2.32. The van der Waals surface area contributed by atoms with E-state index in [2.05, 4.69) is 38.3 Å². The van der Waals surface area contributed by atoms with E-state index in [1.807, 2.05) is 49.4 Å². The number of benzene rings is 3. The van der Waals surface area contributed by atoms with Gasteiger partial charge in [0.05, 0.1) is 0 Å². The van der Waals surface area contributed by atoms with Gasteiger partial charge >= 0.3 is 0 Å². The minimum atomic E-state index is -0.216. The second kappa shape index (κ2) is 10.8. The van der Waals surface area contributed by atoms with Crippen LogP contribution in [0.1, 0.15) is 66.6 Å². The summed E-state index contributed by atoms with van der Waals surface area (Å²) in [7, 11) is 0. The highest BCUT2D eigenvalue weighted by atomic mass is 16.5. The molecule has 5 nitrogen and oxygen atoms in total. The maximum atomic E-state index is 12.6. The van der Waals surface area contributed by atoms with Crippen molar-refractivity contribution in [1.82, 2.24) is 0 Å². The summed E-state index contributed by atoms with van der Waals surface area (Å²) in [5.74, 6) is 0.696. The molecule has 172 valence electrons. The lowest BCUT2D eigenvalue weighted by molar-refractivity contribution is -0.118. The van der Waals surface area contributed by atoms with E-state index in [1.165, 1.54) is 0 Å². The third kappa shape index (κ3) is 6.22. The number of anilines is 2. The SMILES string of the molecule is Cc1ccccc1NC(=O)c1ccc(OCC(=O)Nc2c(C(C)C)cccc2C(C)C)cc1. The molecule has 33 heavy (non-hydrogen) atoms. The van der Waals surface area contributed by atoms with Crippen LogP contribution in [0.5, 0.6) is 5.75 Å². The van der Waals surface area contributed by atoms with Gasteiger partial charge in [-0.15, -0.1) is 0 Å². The number of aryl methyl sites for hydroxylation is 1. The maximum absolute atomic E-state index is 12.6. The fourth-order valence-corrected chi connectivity index (χ4v) is 3.63. The molecule has 2 amide bonds. The minimum Gasteiger partial charge on any atom is -0.484 e. The number of carbonyl (C=O) groups is 2. The fraction of sp³-hybridized carbons (Fsp3) is 0.286. The maximum Gasteiger partial charge on any atom is 0.262 e. The van der Waals surface area contributed by atoms with E-state index < -0.39 is 0 Å². The van der Waals surface area contributed by atoms with Gasteiger partial charge in [0.25, 0.3) is 11.8 Å². The van der Waals surface area contributed by atoms with E-state index in [0.29, 0.717) is 23.1 Å². The normalized spacial score (nSPS) is 10.9. The fourth-order valence-electron chi connectivity index (χ4n) is 3.63. The van der Waals surface area contributed by atoms with Crippen molar-refractivity contribution in [2.24, 2.45) is 0 Å². The minimum absolute atomic E-state index is 0.112. The Bertz CT molecular complexity index is 1090. The topological polar surface area (TPSA) is 67.4 Å². The Hall–Kier alpha value is -3.60. The number of carbonyl (C=O) groups excluding carboxylic acids is 2. The molecule has 5 heteroatoms. The lowest BCUT2D eigenvalue weighted by Gasteiger charge is -2.20. The van der Waals surface area contributed by atoms with Gasteiger partial charge in [-0.1, -0.05) is 64.1 Å². The van der Waals surface area contributed by atoms with Crippen LogP contribution in [0.3, 0.4) is 0 Å². The van der Waals surface area contributed by atoms with Crippen molar-refractivity contribution in [2.45, 2.75) is 46.5 Å². The molecule has 0 unspecified atom stereocenters. The molecular formula is C28H32N2O3. The number of ether oxygens (including phenoxy) is 1. The van der Waals surface area contributed by atoms with E-state index in [9.17, 15) is 9.59 Å². The van der Waals surface area contributed by atoms with Gasteiger partial charge in [-0.2, -0.15) is 0 Å². The van der Waals surface area contributed by atoms with Crippen LogP contribution in [0.15, 0.2) is 66.7 Å². The Kier molecular flexibility index (Phi) is 7.88. The first kappa shape index (κ1) is 24.1. The Morgan fingerprint density at radius 3 is 1.97 bits per heavy atom. The van der Waals surface area contributed by atoms with Crippen LogP contribution in [0.4, 0.5) is 11.4 Å². The molecule has 0 aliphatic carbocycles. The molecule has 0 aliphatic rings. The second-order valence-corrected chi connectivity index (χ2v) is 8.75. The number of nitrogens with one attached hydrogen (secondary N) is 2. The van der Waals surface area contributed by atoms with Crippen LogP contribution >= 0.6 is 0 Å². The largest absolute Gasteiger partial charge is 0.484 e. The van der Waals surface area contributed by atoms with Crippen molar-refractivity contribution in [1.29, 1.82) is 0 Å². The van der Waals surface area contributed by atoms with Gasteiger partial charge in [-0.3, -0.25) is 9.59 Å². The van der Waals surface area contributed by atoms with Gasteiger partial charge in [-0.05, 0) is 65.8 Å². The number of para-hydroxylation sites is 2. The molecule has 2 N–H and O–H groups in total. The first-order valence-corrected chi connectivity index (χ1v) is 11.3. The third-order valence-electron chi connectivity index (χ3n) is 5.52. The van der Waals surface area contributed by atoms with Crippen LogP contribution in [-0.4, -0.2) is 18.4 Å². The van der Waals surface area contributed by atoms with Crippen LogP contribution in [0.2, 0.25) is 0 Å². The first-order chi connectivity index (χ1) is 15.8. The van der Waals surface area contributed by atoms with Gasteiger partial charge in [0.2, 0.25) is 0 Å². The monoisotopic (exact) mass is 444 g/mol. The molecule has 0 heterocycles. The third-order valence-corrected chi connectivity index (χ3v) is 5.52. The quantitative estimate of drug-likeness (QED) is 0.416.